The monoisotopic (exact) mass is 282 g/mol. The van der Waals surface area contributed by atoms with Crippen LogP contribution in [0, 0.1) is 17.1 Å². The number of carbonyl (C=O) groups is 1. The normalized spacial score (nSPS) is 12.9. The van der Waals surface area contributed by atoms with E-state index in [1.54, 1.807) is 24.3 Å². The fraction of sp³-hybridized carbons (Fsp3) is 0.125. The van der Waals surface area contributed by atoms with Gasteiger partial charge in [-0.2, -0.15) is 5.26 Å². The van der Waals surface area contributed by atoms with Crippen LogP contribution in [0.4, 0.5) is 14.9 Å². The quantitative estimate of drug-likeness (QED) is 0.871. The average molecular weight is 282 g/mol. The van der Waals surface area contributed by atoms with Crippen LogP contribution in [-0.4, -0.2) is 17.7 Å². The lowest BCUT2D eigenvalue weighted by Crippen LogP contribution is -2.26. The zero-order valence-electron chi connectivity index (χ0n) is 11.0. The van der Waals surface area contributed by atoms with Gasteiger partial charge in [0.05, 0.1) is 11.3 Å². The van der Waals surface area contributed by atoms with E-state index in [0.29, 0.717) is 24.2 Å². The maximum absolute atomic E-state index is 13.7. The first kappa shape index (κ1) is 13.1. The van der Waals surface area contributed by atoms with Crippen molar-refractivity contribution in [2.45, 2.75) is 6.42 Å². The maximum atomic E-state index is 13.7. The Morgan fingerprint density at radius 1 is 1.33 bits per heavy atom. The smallest absolute Gasteiger partial charge is 0.411 e. The molecule has 0 saturated heterocycles. The molecule has 1 amide bonds. The molecule has 0 unspecified atom stereocenters. The molecule has 0 saturated carbocycles. The second kappa shape index (κ2) is 4.91. The Balaban J connectivity index is 2.10. The summed E-state index contributed by atoms with van der Waals surface area (Å²) in [4.78, 5) is 12.4. The molecular formula is C16H11FN2O2. The number of benzene rings is 2. The Morgan fingerprint density at radius 2 is 2.14 bits per heavy atom. The number of nitrogens with zero attached hydrogens (tertiary/aromatic N) is 2. The van der Waals surface area contributed by atoms with E-state index in [1.807, 2.05) is 12.1 Å². The van der Waals surface area contributed by atoms with E-state index in [9.17, 15) is 9.18 Å². The summed E-state index contributed by atoms with van der Waals surface area (Å²) in [6.45, 7) is 0.419. The van der Waals surface area contributed by atoms with Gasteiger partial charge in [-0.25, -0.2) is 9.18 Å². The molecule has 1 N–H and O–H groups in total. The lowest BCUT2D eigenvalue weighted by molar-refractivity contribution is 0.202. The Labute approximate surface area is 120 Å². The highest BCUT2D eigenvalue weighted by Crippen LogP contribution is 2.33. The summed E-state index contributed by atoms with van der Waals surface area (Å²) in [6, 6.07) is 11.6. The second-order valence-electron chi connectivity index (χ2n) is 4.80. The van der Waals surface area contributed by atoms with Crippen LogP contribution in [-0.2, 0) is 6.42 Å². The number of hydrogen-bond donors (Lipinski definition) is 1. The van der Waals surface area contributed by atoms with Crippen molar-refractivity contribution in [3.8, 4) is 17.2 Å². The molecule has 0 aliphatic carbocycles. The van der Waals surface area contributed by atoms with Crippen molar-refractivity contribution in [1.82, 2.24) is 0 Å². The molecule has 0 bridgehead atoms. The minimum atomic E-state index is -0.982. The maximum Gasteiger partial charge on any atom is 0.411 e. The molecule has 1 aliphatic heterocycles. The standard InChI is InChI=1S/C16H11FN2O2/c17-14-3-1-2-12(13(14)9-18)10-4-5-15-11(8-10)6-7-19(15)16(20)21/h1-5,8H,6-7H2,(H,20,21). The van der Waals surface area contributed by atoms with Crippen LogP contribution < -0.4 is 4.90 Å². The predicted octanol–water partition coefficient (Wildman–Crippen LogP) is 3.40. The van der Waals surface area contributed by atoms with Gasteiger partial charge in [0.15, 0.2) is 0 Å². The lowest BCUT2D eigenvalue weighted by Gasteiger charge is -2.13. The lowest BCUT2D eigenvalue weighted by atomic mass is 9.97. The van der Waals surface area contributed by atoms with Crippen LogP contribution in [0.2, 0.25) is 0 Å². The summed E-state index contributed by atoms with van der Waals surface area (Å²) < 4.78 is 13.7. The number of hydrogen-bond acceptors (Lipinski definition) is 2. The number of anilines is 1. The van der Waals surface area contributed by atoms with Crippen molar-refractivity contribution in [1.29, 1.82) is 5.26 Å². The number of fused-ring (bicyclic) bond motifs is 1. The molecule has 21 heavy (non-hydrogen) atoms. The first-order chi connectivity index (χ1) is 10.1. The molecule has 0 aromatic heterocycles. The minimum absolute atomic E-state index is 0.00513. The van der Waals surface area contributed by atoms with Crippen molar-refractivity contribution in [2.75, 3.05) is 11.4 Å². The van der Waals surface area contributed by atoms with E-state index >= 15 is 0 Å². The van der Waals surface area contributed by atoms with Gasteiger partial charge in [0.2, 0.25) is 0 Å². The number of amides is 1. The fourth-order valence-corrected chi connectivity index (χ4v) is 2.65. The molecule has 1 aliphatic rings. The topological polar surface area (TPSA) is 64.3 Å². The summed E-state index contributed by atoms with van der Waals surface area (Å²) in [6.07, 6.45) is -0.364. The van der Waals surface area contributed by atoms with Crippen molar-refractivity contribution in [3.05, 3.63) is 53.3 Å². The van der Waals surface area contributed by atoms with Crippen LogP contribution in [0.1, 0.15) is 11.1 Å². The summed E-state index contributed by atoms with van der Waals surface area (Å²) in [5, 5.41) is 18.2. The molecule has 0 spiro atoms. The zero-order valence-corrected chi connectivity index (χ0v) is 11.0. The fourth-order valence-electron chi connectivity index (χ4n) is 2.65. The van der Waals surface area contributed by atoms with E-state index in [2.05, 4.69) is 0 Å². The SMILES string of the molecule is N#Cc1c(F)cccc1-c1ccc2c(c1)CCN2C(=O)O. The molecule has 2 aromatic rings. The van der Waals surface area contributed by atoms with E-state index in [1.165, 1.54) is 11.0 Å². The summed E-state index contributed by atoms with van der Waals surface area (Å²) in [5.41, 5.74) is 2.79. The first-order valence-electron chi connectivity index (χ1n) is 6.44. The molecule has 0 fully saturated rings. The predicted molar refractivity (Wildman–Crippen MR) is 75.6 cm³/mol. The van der Waals surface area contributed by atoms with Crippen LogP contribution in [0.3, 0.4) is 0 Å². The molecule has 4 nitrogen and oxygen atoms in total. The summed E-state index contributed by atoms with van der Waals surface area (Å²) >= 11 is 0. The third-order valence-corrected chi connectivity index (χ3v) is 3.64. The largest absolute Gasteiger partial charge is 0.465 e. The molecule has 0 atom stereocenters. The number of nitriles is 1. The summed E-state index contributed by atoms with van der Waals surface area (Å²) in [7, 11) is 0. The van der Waals surface area contributed by atoms with Gasteiger partial charge in [-0.15, -0.1) is 0 Å². The molecule has 1 heterocycles. The minimum Gasteiger partial charge on any atom is -0.465 e. The van der Waals surface area contributed by atoms with E-state index in [-0.39, 0.29) is 5.56 Å². The molecule has 0 radical (unpaired) electrons. The highest BCUT2D eigenvalue weighted by molar-refractivity contribution is 5.90. The number of rotatable bonds is 1. The molecular weight excluding hydrogens is 271 g/mol. The summed E-state index contributed by atoms with van der Waals surface area (Å²) in [5.74, 6) is -0.553. The van der Waals surface area contributed by atoms with Crippen LogP contribution in [0.25, 0.3) is 11.1 Å². The van der Waals surface area contributed by atoms with E-state index in [4.69, 9.17) is 10.4 Å². The van der Waals surface area contributed by atoms with Crippen molar-refractivity contribution >= 4 is 11.8 Å². The van der Waals surface area contributed by atoms with Crippen LogP contribution >= 0.6 is 0 Å². The van der Waals surface area contributed by atoms with Gasteiger partial charge in [-0.3, -0.25) is 4.90 Å². The van der Waals surface area contributed by atoms with Gasteiger partial charge in [-0.1, -0.05) is 18.2 Å². The molecule has 2 aromatic carbocycles. The van der Waals surface area contributed by atoms with E-state index < -0.39 is 11.9 Å². The average Bonchev–Trinajstić information content (AvgIpc) is 2.90. The first-order valence-corrected chi connectivity index (χ1v) is 6.44. The van der Waals surface area contributed by atoms with Crippen molar-refractivity contribution in [2.24, 2.45) is 0 Å². The van der Waals surface area contributed by atoms with Crippen LogP contribution in [0.15, 0.2) is 36.4 Å². The second-order valence-corrected chi connectivity index (χ2v) is 4.80. The third kappa shape index (κ3) is 2.11. The van der Waals surface area contributed by atoms with Gasteiger partial charge in [0, 0.05) is 12.1 Å². The van der Waals surface area contributed by atoms with Gasteiger partial charge in [0.1, 0.15) is 11.9 Å². The van der Waals surface area contributed by atoms with Crippen LogP contribution in [0.5, 0.6) is 0 Å². The van der Waals surface area contributed by atoms with Crippen molar-refractivity contribution < 1.29 is 14.3 Å². The molecule has 5 heteroatoms. The Hall–Kier alpha value is -2.87. The Bertz CT molecular complexity index is 780. The highest BCUT2D eigenvalue weighted by Gasteiger charge is 2.24. The van der Waals surface area contributed by atoms with Gasteiger partial charge < -0.3 is 5.11 Å². The molecule has 104 valence electrons. The highest BCUT2D eigenvalue weighted by atomic mass is 19.1. The molecule has 3 rings (SSSR count). The van der Waals surface area contributed by atoms with Gasteiger partial charge in [-0.05, 0) is 35.7 Å². The Kier molecular flexibility index (Phi) is 3.07. The van der Waals surface area contributed by atoms with E-state index in [0.717, 1.165) is 11.1 Å². The van der Waals surface area contributed by atoms with Gasteiger partial charge in [0.25, 0.3) is 0 Å². The zero-order chi connectivity index (χ0) is 15.0. The number of halogens is 1. The van der Waals surface area contributed by atoms with Gasteiger partial charge >= 0.3 is 6.09 Å². The number of carboxylic acid groups (broad SMARTS) is 1. The van der Waals surface area contributed by atoms with Crippen molar-refractivity contribution in [3.63, 3.8) is 0 Å². The Morgan fingerprint density at radius 3 is 2.86 bits per heavy atom. The third-order valence-electron chi connectivity index (χ3n) is 3.64.